The molecule has 0 aliphatic rings. The average molecular weight is 370 g/mol. The summed E-state index contributed by atoms with van der Waals surface area (Å²) in [6.07, 6.45) is 20.7. The molecule has 0 heterocycles. The minimum absolute atomic E-state index is 0.0822. The lowest BCUT2D eigenvalue weighted by Crippen LogP contribution is -2.23. The van der Waals surface area contributed by atoms with Crippen molar-refractivity contribution in [3.8, 4) is 0 Å². The number of hydrogen-bond donors (Lipinski definition) is 0. The molecule has 0 saturated carbocycles. The predicted octanol–water partition coefficient (Wildman–Crippen LogP) is 5.32. The third-order valence-electron chi connectivity index (χ3n) is 4.79. The van der Waals surface area contributed by atoms with Gasteiger partial charge in [0.1, 0.15) is 0 Å². The Kier molecular flexibility index (Phi) is 19.4. The van der Waals surface area contributed by atoms with Crippen molar-refractivity contribution in [2.45, 2.75) is 122 Å². The van der Waals surface area contributed by atoms with Gasteiger partial charge in [0.05, 0.1) is 13.0 Å². The molecule has 0 amide bonds. The molecule has 0 unspecified atom stereocenters. The zero-order valence-corrected chi connectivity index (χ0v) is 17.1. The van der Waals surface area contributed by atoms with Gasteiger partial charge in [-0.25, -0.2) is 0 Å². The monoisotopic (exact) mass is 369 g/mol. The number of ether oxygens (including phenoxy) is 1. The van der Waals surface area contributed by atoms with Gasteiger partial charge in [-0.15, -0.1) is 0 Å². The zero-order chi connectivity index (χ0) is 19.3. The fourth-order valence-corrected chi connectivity index (χ4v) is 3.11. The first-order chi connectivity index (χ1) is 12.7. The molecular weight excluding hydrogens is 328 g/mol. The van der Waals surface area contributed by atoms with Crippen molar-refractivity contribution >= 4 is 11.9 Å². The van der Waals surface area contributed by atoms with Crippen LogP contribution in [0.1, 0.15) is 122 Å². The van der Waals surface area contributed by atoms with E-state index in [1.54, 1.807) is 0 Å². The van der Waals surface area contributed by atoms with Crippen molar-refractivity contribution in [3.63, 3.8) is 0 Å². The quantitative estimate of drug-likeness (QED) is 0.215. The summed E-state index contributed by atoms with van der Waals surface area (Å²) in [5.41, 5.74) is 0. The number of hydrogen-bond acceptors (Lipinski definition) is 4. The van der Waals surface area contributed by atoms with Crippen LogP contribution in [0, 0.1) is 0 Å². The van der Waals surface area contributed by atoms with E-state index in [0.717, 1.165) is 12.8 Å². The second-order valence-electron chi connectivity index (χ2n) is 7.40. The van der Waals surface area contributed by atoms with Crippen LogP contribution in [0.3, 0.4) is 0 Å². The lowest BCUT2D eigenvalue weighted by molar-refractivity contribution is -0.305. The van der Waals surface area contributed by atoms with Crippen LogP contribution < -0.4 is 5.11 Å². The van der Waals surface area contributed by atoms with Crippen molar-refractivity contribution in [1.29, 1.82) is 0 Å². The summed E-state index contributed by atoms with van der Waals surface area (Å²) in [5, 5.41) is 10.2. The van der Waals surface area contributed by atoms with Gasteiger partial charge in [0.2, 0.25) is 0 Å². The number of rotatable bonds is 20. The summed E-state index contributed by atoms with van der Waals surface area (Å²) in [6.45, 7) is 2.67. The third kappa shape index (κ3) is 21.0. The molecule has 0 aliphatic carbocycles. The molecule has 0 aromatic heterocycles. The molecule has 0 aromatic carbocycles. The van der Waals surface area contributed by atoms with E-state index in [1.807, 2.05) is 0 Å². The average Bonchev–Trinajstić information content (AvgIpc) is 2.62. The van der Waals surface area contributed by atoms with Gasteiger partial charge in [0.25, 0.3) is 0 Å². The predicted molar refractivity (Wildman–Crippen MR) is 105 cm³/mol. The summed E-state index contributed by atoms with van der Waals surface area (Å²) in [5.74, 6) is -1.64. The maximum Gasteiger partial charge on any atom is 0.306 e. The second kappa shape index (κ2) is 20.3. The maximum absolute atomic E-state index is 11.2. The van der Waals surface area contributed by atoms with Crippen LogP contribution in [0.2, 0.25) is 0 Å². The first-order valence-corrected chi connectivity index (χ1v) is 11.0. The molecule has 0 N–H and O–H groups in total. The highest BCUT2D eigenvalue weighted by molar-refractivity contribution is 5.75. The van der Waals surface area contributed by atoms with Gasteiger partial charge in [-0.2, -0.15) is 0 Å². The SMILES string of the molecule is CCCCCCCCCCCCCCCCCCOC(=O)CCC(=O)[O-]. The zero-order valence-electron chi connectivity index (χ0n) is 17.1. The van der Waals surface area contributed by atoms with Crippen molar-refractivity contribution in [3.05, 3.63) is 0 Å². The first-order valence-electron chi connectivity index (χ1n) is 11.0. The Hall–Kier alpha value is -1.06. The van der Waals surface area contributed by atoms with Crippen molar-refractivity contribution < 1.29 is 19.4 Å². The first kappa shape index (κ1) is 24.9. The summed E-state index contributed by atoms with van der Waals surface area (Å²) in [4.78, 5) is 21.4. The molecule has 0 fully saturated rings. The molecule has 0 spiro atoms. The number of carboxylic acid groups (broad SMARTS) is 1. The van der Waals surface area contributed by atoms with Crippen LogP contribution in [-0.4, -0.2) is 18.5 Å². The molecule has 0 aliphatic heterocycles. The van der Waals surface area contributed by atoms with Crippen LogP contribution in [0.5, 0.6) is 0 Å². The van der Waals surface area contributed by atoms with E-state index >= 15 is 0 Å². The summed E-state index contributed by atoms with van der Waals surface area (Å²) < 4.78 is 4.98. The molecule has 0 aromatic rings. The molecule has 26 heavy (non-hydrogen) atoms. The lowest BCUT2D eigenvalue weighted by atomic mass is 10.0. The maximum atomic E-state index is 11.2. The van der Waals surface area contributed by atoms with Gasteiger partial charge in [-0.3, -0.25) is 4.79 Å². The van der Waals surface area contributed by atoms with Crippen LogP contribution >= 0.6 is 0 Å². The van der Waals surface area contributed by atoms with E-state index < -0.39 is 11.9 Å². The van der Waals surface area contributed by atoms with Gasteiger partial charge < -0.3 is 14.6 Å². The van der Waals surface area contributed by atoms with Crippen molar-refractivity contribution in [2.24, 2.45) is 0 Å². The molecule has 4 heteroatoms. The Morgan fingerprint density at radius 1 is 0.615 bits per heavy atom. The van der Waals surface area contributed by atoms with Crippen LogP contribution in [0.4, 0.5) is 0 Å². The van der Waals surface area contributed by atoms with Gasteiger partial charge in [-0.05, 0) is 12.8 Å². The highest BCUT2D eigenvalue weighted by Gasteiger charge is 2.02. The minimum atomic E-state index is -1.20. The minimum Gasteiger partial charge on any atom is -0.550 e. The molecule has 0 bridgehead atoms. The number of carbonyl (C=O) groups excluding carboxylic acids is 2. The van der Waals surface area contributed by atoms with E-state index in [2.05, 4.69) is 6.92 Å². The highest BCUT2D eigenvalue weighted by atomic mass is 16.5. The Morgan fingerprint density at radius 3 is 1.38 bits per heavy atom. The van der Waals surface area contributed by atoms with E-state index in [9.17, 15) is 14.7 Å². The lowest BCUT2D eigenvalue weighted by Gasteiger charge is -2.05. The molecule has 0 rings (SSSR count). The van der Waals surface area contributed by atoms with Gasteiger partial charge >= 0.3 is 5.97 Å². The molecule has 0 saturated heterocycles. The molecule has 0 atom stereocenters. The van der Waals surface area contributed by atoms with E-state index in [-0.39, 0.29) is 12.8 Å². The Labute approximate surface area is 161 Å². The number of aliphatic carboxylic acids is 1. The topological polar surface area (TPSA) is 66.4 Å². The molecular formula is C22H41O4-. The van der Waals surface area contributed by atoms with Crippen LogP contribution in [0.25, 0.3) is 0 Å². The highest BCUT2D eigenvalue weighted by Crippen LogP contribution is 2.13. The summed E-state index contributed by atoms with van der Waals surface area (Å²) in [6, 6.07) is 0. The van der Waals surface area contributed by atoms with Crippen LogP contribution in [-0.2, 0) is 14.3 Å². The fourth-order valence-electron chi connectivity index (χ4n) is 3.11. The number of carbonyl (C=O) groups is 2. The third-order valence-corrected chi connectivity index (χ3v) is 4.79. The normalized spacial score (nSPS) is 10.8. The number of esters is 1. The second-order valence-corrected chi connectivity index (χ2v) is 7.40. The largest absolute Gasteiger partial charge is 0.550 e. The summed E-state index contributed by atoms with van der Waals surface area (Å²) >= 11 is 0. The molecule has 154 valence electrons. The Bertz CT molecular complexity index is 328. The Balaban J connectivity index is 3.09. The molecule has 0 radical (unpaired) electrons. The molecule has 4 nitrogen and oxygen atoms in total. The Morgan fingerprint density at radius 2 is 1.00 bits per heavy atom. The van der Waals surface area contributed by atoms with Gasteiger partial charge in [-0.1, -0.05) is 103 Å². The van der Waals surface area contributed by atoms with Gasteiger partial charge in [0, 0.05) is 5.97 Å². The number of carboxylic acids is 1. The van der Waals surface area contributed by atoms with E-state index in [1.165, 1.54) is 89.9 Å². The van der Waals surface area contributed by atoms with E-state index in [0.29, 0.717) is 6.61 Å². The number of unbranched alkanes of at least 4 members (excludes halogenated alkanes) is 15. The summed E-state index contributed by atoms with van der Waals surface area (Å²) in [7, 11) is 0. The van der Waals surface area contributed by atoms with Crippen LogP contribution in [0.15, 0.2) is 0 Å². The van der Waals surface area contributed by atoms with Crippen molar-refractivity contribution in [1.82, 2.24) is 0 Å². The fraction of sp³-hybridized carbons (Fsp3) is 0.909. The van der Waals surface area contributed by atoms with E-state index in [4.69, 9.17) is 4.74 Å². The van der Waals surface area contributed by atoms with Crippen molar-refractivity contribution in [2.75, 3.05) is 6.61 Å². The van der Waals surface area contributed by atoms with Gasteiger partial charge in [0.15, 0.2) is 0 Å². The smallest absolute Gasteiger partial charge is 0.306 e. The standard InChI is InChI=1S/C22H42O4/c1-2-3-4-5-6-7-8-9-10-11-12-13-14-15-16-17-20-26-22(25)19-18-21(23)24/h2-20H2,1H3,(H,23,24)/p-1.